The SMILES string of the molecule is CC(C)(C)OC(=O)N1C[C@H](O[Si](C)(C)C(C)(C)C)CC[C@H]1C(=O)O. The summed E-state index contributed by atoms with van der Waals surface area (Å²) in [4.78, 5) is 25.3. The second-order valence-corrected chi connectivity index (χ2v) is 13.8. The maximum Gasteiger partial charge on any atom is 0.411 e. The van der Waals surface area contributed by atoms with Gasteiger partial charge in [0.1, 0.15) is 11.6 Å². The number of carbonyl (C=O) groups excluding carboxylic acids is 1. The Hall–Kier alpha value is -1.08. The van der Waals surface area contributed by atoms with Gasteiger partial charge in [-0.15, -0.1) is 0 Å². The zero-order valence-electron chi connectivity index (χ0n) is 16.3. The third kappa shape index (κ3) is 5.48. The minimum Gasteiger partial charge on any atom is -0.480 e. The lowest BCUT2D eigenvalue weighted by Crippen LogP contribution is -2.56. The van der Waals surface area contributed by atoms with Crippen LogP contribution in [0.3, 0.4) is 0 Å². The first-order valence-corrected chi connectivity index (χ1v) is 11.4. The highest BCUT2D eigenvalue weighted by Crippen LogP contribution is 2.38. The molecule has 0 aromatic rings. The van der Waals surface area contributed by atoms with Crippen LogP contribution in [0.25, 0.3) is 0 Å². The van der Waals surface area contributed by atoms with Crippen LogP contribution >= 0.6 is 0 Å². The Bertz CT molecular complexity index is 478. The highest BCUT2D eigenvalue weighted by Gasteiger charge is 2.43. The molecule has 1 heterocycles. The van der Waals surface area contributed by atoms with Gasteiger partial charge in [-0.1, -0.05) is 20.8 Å². The number of rotatable bonds is 3. The van der Waals surface area contributed by atoms with Crippen molar-refractivity contribution < 1.29 is 23.9 Å². The second-order valence-electron chi connectivity index (χ2n) is 9.06. The summed E-state index contributed by atoms with van der Waals surface area (Å²) in [6, 6.07) is -0.848. The van der Waals surface area contributed by atoms with E-state index in [1.807, 2.05) is 0 Å². The van der Waals surface area contributed by atoms with Crippen LogP contribution in [0.2, 0.25) is 18.1 Å². The van der Waals surface area contributed by atoms with Crippen LogP contribution in [0, 0.1) is 0 Å². The normalized spacial score (nSPS) is 23.1. The van der Waals surface area contributed by atoms with Crippen LogP contribution in [0.1, 0.15) is 54.4 Å². The van der Waals surface area contributed by atoms with Gasteiger partial charge in [-0.05, 0) is 51.7 Å². The molecule has 0 aromatic heterocycles. The van der Waals surface area contributed by atoms with Crippen molar-refractivity contribution in [2.24, 2.45) is 0 Å². The van der Waals surface area contributed by atoms with Gasteiger partial charge in [-0.3, -0.25) is 4.90 Å². The molecular weight excluding hydrogens is 326 g/mol. The third-order valence-electron chi connectivity index (χ3n) is 4.72. The fourth-order valence-electron chi connectivity index (χ4n) is 2.41. The van der Waals surface area contributed by atoms with Gasteiger partial charge in [-0.2, -0.15) is 0 Å². The van der Waals surface area contributed by atoms with Crippen LogP contribution in [0.15, 0.2) is 0 Å². The van der Waals surface area contributed by atoms with E-state index >= 15 is 0 Å². The number of aliphatic carboxylic acids is 1. The molecular formula is C17H33NO5Si. The Kier molecular flexibility index (Phi) is 6.14. The number of piperidine rings is 1. The first-order valence-electron chi connectivity index (χ1n) is 8.54. The van der Waals surface area contributed by atoms with Crippen molar-refractivity contribution in [3.8, 4) is 0 Å². The molecule has 1 aliphatic heterocycles. The molecule has 0 unspecified atom stereocenters. The van der Waals surface area contributed by atoms with Crippen LogP contribution in [-0.2, 0) is 14.0 Å². The zero-order chi connectivity index (χ0) is 18.9. The van der Waals surface area contributed by atoms with Crippen molar-refractivity contribution in [3.05, 3.63) is 0 Å². The fourth-order valence-corrected chi connectivity index (χ4v) is 3.79. The predicted octanol–water partition coefficient (Wildman–Crippen LogP) is 3.86. The van der Waals surface area contributed by atoms with Crippen LogP contribution in [0.5, 0.6) is 0 Å². The first kappa shape index (κ1) is 21.0. The lowest BCUT2D eigenvalue weighted by atomic mass is 10.0. The second kappa shape index (κ2) is 7.04. The van der Waals surface area contributed by atoms with E-state index in [1.54, 1.807) is 20.8 Å². The van der Waals surface area contributed by atoms with E-state index in [-0.39, 0.29) is 17.7 Å². The van der Waals surface area contributed by atoms with E-state index in [1.165, 1.54) is 4.90 Å². The monoisotopic (exact) mass is 359 g/mol. The van der Waals surface area contributed by atoms with Gasteiger partial charge < -0.3 is 14.3 Å². The summed E-state index contributed by atoms with van der Waals surface area (Å²) in [7, 11) is -1.98. The van der Waals surface area contributed by atoms with Crippen LogP contribution in [0.4, 0.5) is 4.79 Å². The first-order chi connectivity index (χ1) is 10.6. The Morgan fingerprint density at radius 3 is 2.04 bits per heavy atom. The smallest absolute Gasteiger partial charge is 0.411 e. The molecule has 0 aromatic carbocycles. The van der Waals surface area contributed by atoms with E-state index in [4.69, 9.17) is 9.16 Å². The maximum atomic E-state index is 12.4. The number of carboxylic acid groups (broad SMARTS) is 1. The van der Waals surface area contributed by atoms with Gasteiger partial charge >= 0.3 is 12.1 Å². The molecule has 0 bridgehead atoms. The molecule has 7 heteroatoms. The molecule has 1 amide bonds. The molecule has 0 saturated carbocycles. The molecule has 0 spiro atoms. The van der Waals surface area contributed by atoms with Crippen molar-refractivity contribution in [2.45, 2.75) is 90.3 Å². The third-order valence-corrected chi connectivity index (χ3v) is 9.25. The van der Waals surface area contributed by atoms with Crippen LogP contribution < -0.4 is 0 Å². The molecule has 1 aliphatic rings. The minimum absolute atomic E-state index is 0.0629. The van der Waals surface area contributed by atoms with E-state index in [0.717, 1.165) is 0 Å². The van der Waals surface area contributed by atoms with Gasteiger partial charge in [0, 0.05) is 6.54 Å². The minimum atomic E-state index is -1.98. The predicted molar refractivity (Wildman–Crippen MR) is 95.7 cm³/mol. The number of nitrogens with zero attached hydrogens (tertiary/aromatic N) is 1. The molecule has 1 N–H and O–H groups in total. The molecule has 6 nitrogen and oxygen atoms in total. The highest BCUT2D eigenvalue weighted by atomic mass is 28.4. The fraction of sp³-hybridized carbons (Fsp3) is 0.882. The van der Waals surface area contributed by atoms with Gasteiger partial charge in [0.25, 0.3) is 0 Å². The van der Waals surface area contributed by atoms with Gasteiger partial charge in [0.2, 0.25) is 0 Å². The summed E-state index contributed by atoms with van der Waals surface area (Å²) >= 11 is 0. The Balaban J connectivity index is 2.90. The number of likely N-dealkylation sites (tertiary alicyclic amines) is 1. The van der Waals surface area contributed by atoms with Gasteiger partial charge in [0.05, 0.1) is 6.10 Å². The summed E-state index contributed by atoms with van der Waals surface area (Å²) in [6.45, 7) is 16.4. The van der Waals surface area contributed by atoms with E-state index in [2.05, 4.69) is 33.9 Å². The van der Waals surface area contributed by atoms with Crippen LogP contribution in [-0.4, -0.2) is 54.7 Å². The molecule has 140 valence electrons. The van der Waals surface area contributed by atoms with Crippen molar-refractivity contribution >= 4 is 20.4 Å². The Morgan fingerprint density at radius 1 is 1.08 bits per heavy atom. The Morgan fingerprint density at radius 2 is 1.62 bits per heavy atom. The van der Waals surface area contributed by atoms with Crippen molar-refractivity contribution in [1.29, 1.82) is 0 Å². The summed E-state index contributed by atoms with van der Waals surface area (Å²) in [5, 5.41) is 9.49. The number of ether oxygens (including phenoxy) is 1. The summed E-state index contributed by atoms with van der Waals surface area (Å²) in [6.07, 6.45) is 0.295. The topological polar surface area (TPSA) is 76.1 Å². The largest absolute Gasteiger partial charge is 0.480 e. The molecule has 0 radical (unpaired) electrons. The molecule has 1 fully saturated rings. The average Bonchev–Trinajstić information content (AvgIpc) is 2.34. The maximum absolute atomic E-state index is 12.4. The van der Waals surface area contributed by atoms with Crippen molar-refractivity contribution in [2.75, 3.05) is 6.54 Å². The number of carbonyl (C=O) groups is 2. The summed E-state index contributed by atoms with van der Waals surface area (Å²) < 4.78 is 11.8. The van der Waals surface area contributed by atoms with E-state index in [0.29, 0.717) is 12.8 Å². The molecule has 0 aliphatic carbocycles. The highest BCUT2D eigenvalue weighted by molar-refractivity contribution is 6.74. The molecule has 24 heavy (non-hydrogen) atoms. The summed E-state index contributed by atoms with van der Waals surface area (Å²) in [5.74, 6) is -0.994. The van der Waals surface area contributed by atoms with Gasteiger partial charge in [-0.25, -0.2) is 9.59 Å². The summed E-state index contributed by atoms with van der Waals surface area (Å²) in [5.41, 5.74) is -0.659. The van der Waals surface area contributed by atoms with Crippen molar-refractivity contribution in [3.63, 3.8) is 0 Å². The zero-order valence-corrected chi connectivity index (χ0v) is 17.3. The van der Waals surface area contributed by atoms with E-state index < -0.39 is 32.0 Å². The molecule has 1 saturated heterocycles. The molecule has 2 atom stereocenters. The number of carboxylic acids is 1. The Labute approximate surface area is 146 Å². The number of hydrogen-bond donors (Lipinski definition) is 1. The quantitative estimate of drug-likeness (QED) is 0.774. The number of amides is 1. The van der Waals surface area contributed by atoms with Gasteiger partial charge in [0.15, 0.2) is 8.32 Å². The lowest BCUT2D eigenvalue weighted by Gasteiger charge is -2.44. The average molecular weight is 360 g/mol. The number of hydrogen-bond acceptors (Lipinski definition) is 4. The van der Waals surface area contributed by atoms with E-state index in [9.17, 15) is 14.7 Å². The standard InChI is InChI=1S/C17H33NO5Si/c1-16(2,3)22-15(21)18-11-12(9-10-13(18)14(19)20)23-24(7,8)17(4,5)6/h12-13H,9-11H2,1-8H3,(H,19,20)/t12-,13+/m1/s1. The molecule has 1 rings (SSSR count). The van der Waals surface area contributed by atoms with Crippen molar-refractivity contribution in [1.82, 2.24) is 4.90 Å². The lowest BCUT2D eigenvalue weighted by molar-refractivity contribution is -0.145.